The van der Waals surface area contributed by atoms with Gasteiger partial charge in [-0.3, -0.25) is 14.6 Å². The third-order valence-electron chi connectivity index (χ3n) is 3.27. The van der Waals surface area contributed by atoms with Gasteiger partial charge in [0, 0.05) is 31.2 Å². The average Bonchev–Trinajstić information content (AvgIpc) is 2.44. The Balaban J connectivity index is 2.53. The minimum atomic E-state index is -0.552. The standard InChI is InChI=1S/C15H15FN2O2/c1-9(6-18-10(2)20)12-5-15(16)14(8-19)11-3-4-17-7-13(11)12/h3-5,7-9H,6H2,1-2H3,(H,18,20). The van der Waals surface area contributed by atoms with Crippen molar-refractivity contribution in [2.45, 2.75) is 19.8 Å². The Bertz CT molecular complexity index is 670. The summed E-state index contributed by atoms with van der Waals surface area (Å²) in [5.74, 6) is -0.770. The number of pyridine rings is 1. The summed E-state index contributed by atoms with van der Waals surface area (Å²) >= 11 is 0. The quantitative estimate of drug-likeness (QED) is 0.871. The molecule has 1 heterocycles. The molecule has 20 heavy (non-hydrogen) atoms. The predicted octanol–water partition coefficient (Wildman–Crippen LogP) is 2.43. The van der Waals surface area contributed by atoms with Crippen molar-refractivity contribution in [1.82, 2.24) is 10.3 Å². The Labute approximate surface area is 116 Å². The molecule has 2 aromatic rings. The van der Waals surface area contributed by atoms with Crippen LogP contribution in [0.3, 0.4) is 0 Å². The van der Waals surface area contributed by atoms with Gasteiger partial charge in [-0.05, 0) is 29.0 Å². The summed E-state index contributed by atoms with van der Waals surface area (Å²) in [4.78, 5) is 26.0. The van der Waals surface area contributed by atoms with Crippen LogP contribution < -0.4 is 5.32 Å². The molecule has 1 atom stereocenters. The number of nitrogens with zero attached hydrogens (tertiary/aromatic N) is 1. The van der Waals surface area contributed by atoms with E-state index in [4.69, 9.17) is 0 Å². The number of aromatic nitrogens is 1. The Hall–Kier alpha value is -2.30. The van der Waals surface area contributed by atoms with E-state index < -0.39 is 5.82 Å². The first-order valence-electron chi connectivity index (χ1n) is 6.30. The molecule has 0 radical (unpaired) electrons. The van der Waals surface area contributed by atoms with E-state index in [0.717, 1.165) is 10.9 Å². The molecule has 0 saturated carbocycles. The molecule has 0 aliphatic rings. The molecule has 4 nitrogen and oxygen atoms in total. The molecule has 0 spiro atoms. The number of fused-ring (bicyclic) bond motifs is 1. The van der Waals surface area contributed by atoms with Gasteiger partial charge in [-0.2, -0.15) is 0 Å². The smallest absolute Gasteiger partial charge is 0.216 e. The fraction of sp³-hybridized carbons (Fsp3) is 0.267. The molecular formula is C15H15FN2O2. The van der Waals surface area contributed by atoms with E-state index in [2.05, 4.69) is 10.3 Å². The first-order chi connectivity index (χ1) is 9.54. The molecule has 0 aliphatic carbocycles. The van der Waals surface area contributed by atoms with Crippen LogP contribution in [-0.2, 0) is 4.79 Å². The van der Waals surface area contributed by atoms with Gasteiger partial charge in [-0.1, -0.05) is 6.92 Å². The number of amides is 1. The number of rotatable bonds is 4. The Morgan fingerprint density at radius 3 is 2.90 bits per heavy atom. The van der Waals surface area contributed by atoms with Crippen LogP contribution in [0, 0.1) is 5.82 Å². The van der Waals surface area contributed by atoms with Crippen LogP contribution >= 0.6 is 0 Å². The molecule has 1 N–H and O–H groups in total. The second kappa shape index (κ2) is 5.77. The summed E-state index contributed by atoms with van der Waals surface area (Å²) < 4.78 is 14.0. The van der Waals surface area contributed by atoms with Crippen LogP contribution in [-0.4, -0.2) is 23.7 Å². The topological polar surface area (TPSA) is 59.1 Å². The number of hydrogen-bond donors (Lipinski definition) is 1. The van der Waals surface area contributed by atoms with E-state index in [9.17, 15) is 14.0 Å². The molecule has 1 unspecified atom stereocenters. The van der Waals surface area contributed by atoms with Gasteiger partial charge in [0.05, 0.1) is 5.56 Å². The number of carbonyl (C=O) groups is 2. The highest BCUT2D eigenvalue weighted by Gasteiger charge is 2.16. The van der Waals surface area contributed by atoms with Crippen molar-refractivity contribution in [1.29, 1.82) is 0 Å². The lowest BCUT2D eigenvalue weighted by Gasteiger charge is -2.16. The number of hydrogen-bond acceptors (Lipinski definition) is 3. The minimum Gasteiger partial charge on any atom is -0.356 e. The lowest BCUT2D eigenvalue weighted by atomic mass is 9.93. The summed E-state index contributed by atoms with van der Waals surface area (Å²) in [6.45, 7) is 3.72. The summed E-state index contributed by atoms with van der Waals surface area (Å²) in [7, 11) is 0. The summed E-state index contributed by atoms with van der Waals surface area (Å²) in [6.07, 6.45) is 3.65. The van der Waals surface area contributed by atoms with Crippen molar-refractivity contribution >= 4 is 23.0 Å². The fourth-order valence-electron chi connectivity index (χ4n) is 2.21. The highest BCUT2D eigenvalue weighted by Crippen LogP contribution is 2.28. The summed E-state index contributed by atoms with van der Waals surface area (Å²) in [5, 5.41) is 3.98. The Morgan fingerprint density at radius 2 is 2.25 bits per heavy atom. The van der Waals surface area contributed by atoms with E-state index >= 15 is 0 Å². The van der Waals surface area contributed by atoms with Gasteiger partial charge in [-0.25, -0.2) is 4.39 Å². The fourth-order valence-corrected chi connectivity index (χ4v) is 2.21. The monoisotopic (exact) mass is 274 g/mol. The maximum Gasteiger partial charge on any atom is 0.216 e. The molecule has 1 amide bonds. The molecule has 104 valence electrons. The zero-order chi connectivity index (χ0) is 14.7. The van der Waals surface area contributed by atoms with Gasteiger partial charge in [0.1, 0.15) is 5.82 Å². The molecule has 0 fully saturated rings. The molecule has 2 rings (SSSR count). The van der Waals surface area contributed by atoms with Crippen LogP contribution in [0.25, 0.3) is 10.8 Å². The largest absolute Gasteiger partial charge is 0.356 e. The number of carbonyl (C=O) groups excluding carboxylic acids is 2. The molecule has 1 aromatic carbocycles. The van der Waals surface area contributed by atoms with Crippen molar-refractivity contribution in [3.05, 3.63) is 41.5 Å². The Kier molecular flexibility index (Phi) is 4.08. The molecule has 0 bridgehead atoms. The van der Waals surface area contributed by atoms with Gasteiger partial charge in [0.25, 0.3) is 0 Å². The first-order valence-corrected chi connectivity index (χ1v) is 6.30. The normalized spacial score (nSPS) is 12.2. The van der Waals surface area contributed by atoms with Gasteiger partial charge >= 0.3 is 0 Å². The molecule has 0 aliphatic heterocycles. The first kappa shape index (κ1) is 14.1. The van der Waals surface area contributed by atoms with Crippen LogP contribution in [0.1, 0.15) is 35.7 Å². The van der Waals surface area contributed by atoms with Crippen LogP contribution in [0.4, 0.5) is 4.39 Å². The molecule has 1 aromatic heterocycles. The van der Waals surface area contributed by atoms with E-state index in [0.29, 0.717) is 18.2 Å². The molecular weight excluding hydrogens is 259 g/mol. The van der Waals surface area contributed by atoms with Crippen LogP contribution in [0.5, 0.6) is 0 Å². The predicted molar refractivity (Wildman–Crippen MR) is 74.2 cm³/mol. The maximum absolute atomic E-state index is 14.0. The summed E-state index contributed by atoms with van der Waals surface area (Å²) in [5.41, 5.74) is 0.767. The number of nitrogens with one attached hydrogen (secondary N) is 1. The highest BCUT2D eigenvalue weighted by molar-refractivity contribution is 5.99. The maximum atomic E-state index is 14.0. The number of halogens is 1. The van der Waals surface area contributed by atoms with E-state index in [1.54, 1.807) is 12.3 Å². The van der Waals surface area contributed by atoms with Crippen LogP contribution in [0.15, 0.2) is 24.5 Å². The van der Waals surface area contributed by atoms with Gasteiger partial charge in [0.2, 0.25) is 5.91 Å². The van der Waals surface area contributed by atoms with Crippen molar-refractivity contribution in [3.63, 3.8) is 0 Å². The third kappa shape index (κ3) is 2.66. The molecule has 0 saturated heterocycles. The number of benzene rings is 1. The Morgan fingerprint density at radius 1 is 1.50 bits per heavy atom. The second-order valence-electron chi connectivity index (χ2n) is 4.74. The van der Waals surface area contributed by atoms with Crippen molar-refractivity contribution in [2.75, 3.05) is 6.54 Å². The van der Waals surface area contributed by atoms with E-state index in [1.807, 2.05) is 6.92 Å². The zero-order valence-electron chi connectivity index (χ0n) is 11.3. The molecule has 5 heteroatoms. The van der Waals surface area contributed by atoms with Gasteiger partial charge in [-0.15, -0.1) is 0 Å². The van der Waals surface area contributed by atoms with E-state index in [-0.39, 0.29) is 17.4 Å². The van der Waals surface area contributed by atoms with E-state index in [1.165, 1.54) is 19.2 Å². The van der Waals surface area contributed by atoms with Gasteiger partial charge in [0.15, 0.2) is 6.29 Å². The SMILES string of the molecule is CC(=O)NCC(C)c1cc(F)c(C=O)c2ccncc12. The lowest BCUT2D eigenvalue weighted by molar-refractivity contribution is -0.119. The average molecular weight is 274 g/mol. The van der Waals surface area contributed by atoms with Gasteiger partial charge < -0.3 is 5.32 Å². The second-order valence-corrected chi connectivity index (χ2v) is 4.74. The lowest BCUT2D eigenvalue weighted by Crippen LogP contribution is -2.25. The minimum absolute atomic E-state index is 0.0397. The van der Waals surface area contributed by atoms with Crippen LogP contribution in [0.2, 0.25) is 0 Å². The summed E-state index contributed by atoms with van der Waals surface area (Å²) in [6, 6.07) is 2.97. The number of aldehydes is 1. The third-order valence-corrected chi connectivity index (χ3v) is 3.27. The van der Waals surface area contributed by atoms with Crippen molar-refractivity contribution in [3.8, 4) is 0 Å². The van der Waals surface area contributed by atoms with Crippen molar-refractivity contribution in [2.24, 2.45) is 0 Å². The van der Waals surface area contributed by atoms with Crippen molar-refractivity contribution < 1.29 is 14.0 Å². The highest BCUT2D eigenvalue weighted by atomic mass is 19.1. The zero-order valence-corrected chi connectivity index (χ0v) is 11.3.